The SMILES string of the molecule is CCC1CC=C(CC/C=C(\C)CCC=C(C)C)CC1. The van der Waals surface area contributed by atoms with Crippen molar-refractivity contribution in [3.8, 4) is 0 Å². The fourth-order valence-corrected chi connectivity index (χ4v) is 2.74. The third-order valence-corrected chi connectivity index (χ3v) is 4.24. The van der Waals surface area contributed by atoms with Crippen LogP contribution in [0.4, 0.5) is 0 Å². The van der Waals surface area contributed by atoms with Crippen molar-refractivity contribution in [1.82, 2.24) is 0 Å². The van der Waals surface area contributed by atoms with Crippen LogP contribution in [0.25, 0.3) is 0 Å². The molecule has 19 heavy (non-hydrogen) atoms. The molecule has 1 aliphatic rings. The molecule has 0 heteroatoms. The molecule has 0 aromatic carbocycles. The van der Waals surface area contributed by atoms with E-state index in [-0.39, 0.29) is 0 Å². The Balaban J connectivity index is 2.22. The van der Waals surface area contributed by atoms with Crippen molar-refractivity contribution in [1.29, 1.82) is 0 Å². The highest BCUT2D eigenvalue weighted by atomic mass is 14.2. The molecule has 0 aromatic heterocycles. The minimum absolute atomic E-state index is 0.963. The maximum Gasteiger partial charge on any atom is -0.0285 e. The summed E-state index contributed by atoms with van der Waals surface area (Å²) in [5.41, 5.74) is 4.70. The normalized spacial score (nSPS) is 20.1. The van der Waals surface area contributed by atoms with Gasteiger partial charge in [-0.1, -0.05) is 48.3 Å². The zero-order chi connectivity index (χ0) is 14.1. The van der Waals surface area contributed by atoms with Crippen molar-refractivity contribution in [3.63, 3.8) is 0 Å². The number of rotatable bonds is 7. The monoisotopic (exact) mass is 260 g/mol. The molecule has 0 N–H and O–H groups in total. The van der Waals surface area contributed by atoms with Crippen molar-refractivity contribution in [2.45, 2.75) is 79.1 Å². The van der Waals surface area contributed by atoms with E-state index in [1.807, 2.05) is 0 Å². The van der Waals surface area contributed by atoms with Gasteiger partial charge in [-0.2, -0.15) is 0 Å². The van der Waals surface area contributed by atoms with E-state index in [1.165, 1.54) is 56.9 Å². The van der Waals surface area contributed by atoms with Crippen molar-refractivity contribution >= 4 is 0 Å². The summed E-state index contributed by atoms with van der Waals surface area (Å²) >= 11 is 0. The zero-order valence-electron chi connectivity index (χ0n) is 13.5. The highest BCUT2D eigenvalue weighted by Gasteiger charge is 2.11. The molecule has 1 aliphatic carbocycles. The van der Waals surface area contributed by atoms with Gasteiger partial charge in [0.15, 0.2) is 0 Å². The van der Waals surface area contributed by atoms with Gasteiger partial charge in [0.1, 0.15) is 0 Å². The standard InChI is InChI=1S/C19H32/c1-5-18-12-14-19(15-13-18)11-7-10-17(4)9-6-8-16(2)3/h8,10,14,18H,5-7,9,11-13,15H2,1-4H3/b17-10+. The van der Waals surface area contributed by atoms with Crippen molar-refractivity contribution in [2.24, 2.45) is 5.92 Å². The van der Waals surface area contributed by atoms with Crippen LogP contribution in [-0.2, 0) is 0 Å². The molecule has 0 heterocycles. The summed E-state index contributed by atoms with van der Waals surface area (Å²) in [6.07, 6.45) is 17.7. The fraction of sp³-hybridized carbons (Fsp3) is 0.684. The summed E-state index contributed by atoms with van der Waals surface area (Å²) in [5.74, 6) is 0.963. The van der Waals surface area contributed by atoms with Crippen LogP contribution in [0.5, 0.6) is 0 Å². The molecule has 0 amide bonds. The lowest BCUT2D eigenvalue weighted by atomic mass is 9.86. The minimum atomic E-state index is 0.963. The van der Waals surface area contributed by atoms with Crippen LogP contribution >= 0.6 is 0 Å². The Morgan fingerprint density at radius 1 is 1.21 bits per heavy atom. The molecular weight excluding hydrogens is 228 g/mol. The Bertz CT molecular complexity index is 337. The molecule has 0 fully saturated rings. The highest BCUT2D eigenvalue weighted by molar-refractivity contribution is 5.09. The molecular formula is C19H32. The second-order valence-corrected chi connectivity index (χ2v) is 6.32. The molecule has 1 unspecified atom stereocenters. The maximum absolute atomic E-state index is 2.52. The molecule has 0 spiro atoms. The molecule has 0 nitrogen and oxygen atoms in total. The van der Waals surface area contributed by atoms with E-state index >= 15 is 0 Å². The van der Waals surface area contributed by atoms with E-state index in [0.29, 0.717) is 0 Å². The van der Waals surface area contributed by atoms with E-state index in [1.54, 1.807) is 11.1 Å². The predicted molar refractivity (Wildman–Crippen MR) is 87.4 cm³/mol. The van der Waals surface area contributed by atoms with Crippen LogP contribution in [0.1, 0.15) is 79.1 Å². The minimum Gasteiger partial charge on any atom is -0.0856 e. The molecule has 108 valence electrons. The first kappa shape index (κ1) is 16.3. The van der Waals surface area contributed by atoms with Gasteiger partial charge in [0.2, 0.25) is 0 Å². The predicted octanol–water partition coefficient (Wildman–Crippen LogP) is 6.60. The van der Waals surface area contributed by atoms with Crippen molar-refractivity contribution in [3.05, 3.63) is 34.9 Å². The lowest BCUT2D eigenvalue weighted by molar-refractivity contribution is 0.451. The van der Waals surface area contributed by atoms with Gasteiger partial charge in [0, 0.05) is 0 Å². The van der Waals surface area contributed by atoms with Crippen LogP contribution in [0, 0.1) is 5.92 Å². The van der Waals surface area contributed by atoms with Crippen LogP contribution < -0.4 is 0 Å². The molecule has 0 saturated heterocycles. The van der Waals surface area contributed by atoms with Gasteiger partial charge in [-0.15, -0.1) is 0 Å². The first-order valence-electron chi connectivity index (χ1n) is 8.08. The van der Waals surface area contributed by atoms with Gasteiger partial charge >= 0.3 is 0 Å². The van der Waals surface area contributed by atoms with Crippen LogP contribution in [0.3, 0.4) is 0 Å². The first-order chi connectivity index (χ1) is 9.11. The van der Waals surface area contributed by atoms with Gasteiger partial charge in [-0.25, -0.2) is 0 Å². The summed E-state index contributed by atoms with van der Waals surface area (Å²) in [6.45, 7) is 8.96. The Morgan fingerprint density at radius 2 is 2.00 bits per heavy atom. The molecule has 0 aliphatic heterocycles. The third kappa shape index (κ3) is 7.40. The second kappa shape index (κ2) is 9.18. The number of hydrogen-bond donors (Lipinski definition) is 0. The third-order valence-electron chi connectivity index (χ3n) is 4.24. The molecule has 1 atom stereocenters. The molecule has 0 saturated carbocycles. The highest BCUT2D eigenvalue weighted by Crippen LogP contribution is 2.28. The van der Waals surface area contributed by atoms with Gasteiger partial charge in [0.25, 0.3) is 0 Å². The van der Waals surface area contributed by atoms with Crippen molar-refractivity contribution in [2.75, 3.05) is 0 Å². The van der Waals surface area contributed by atoms with Gasteiger partial charge in [0.05, 0.1) is 0 Å². The number of allylic oxidation sites excluding steroid dienone is 6. The molecule has 0 radical (unpaired) electrons. The zero-order valence-corrected chi connectivity index (χ0v) is 13.5. The second-order valence-electron chi connectivity index (χ2n) is 6.32. The lowest BCUT2D eigenvalue weighted by Crippen LogP contribution is -2.04. The maximum atomic E-state index is 2.52. The Morgan fingerprint density at radius 3 is 2.58 bits per heavy atom. The Hall–Kier alpha value is -0.780. The Labute approximate surface area is 120 Å². The smallest absolute Gasteiger partial charge is 0.0285 e. The number of hydrogen-bond acceptors (Lipinski definition) is 0. The largest absolute Gasteiger partial charge is 0.0856 e. The fourth-order valence-electron chi connectivity index (χ4n) is 2.74. The van der Waals surface area contributed by atoms with Gasteiger partial charge in [-0.05, 0) is 71.6 Å². The van der Waals surface area contributed by atoms with Gasteiger partial charge < -0.3 is 0 Å². The quantitative estimate of drug-likeness (QED) is 0.453. The van der Waals surface area contributed by atoms with E-state index in [9.17, 15) is 0 Å². The summed E-state index contributed by atoms with van der Waals surface area (Å²) in [5, 5.41) is 0. The van der Waals surface area contributed by atoms with E-state index in [2.05, 4.69) is 45.9 Å². The van der Waals surface area contributed by atoms with E-state index < -0.39 is 0 Å². The average Bonchev–Trinajstić information content (AvgIpc) is 2.39. The molecule has 1 rings (SSSR count). The van der Waals surface area contributed by atoms with E-state index in [0.717, 1.165) is 5.92 Å². The molecule has 0 bridgehead atoms. The van der Waals surface area contributed by atoms with Crippen molar-refractivity contribution < 1.29 is 0 Å². The van der Waals surface area contributed by atoms with Crippen LogP contribution in [-0.4, -0.2) is 0 Å². The topological polar surface area (TPSA) is 0 Å². The van der Waals surface area contributed by atoms with E-state index in [4.69, 9.17) is 0 Å². The summed E-state index contributed by atoms with van der Waals surface area (Å²) < 4.78 is 0. The lowest BCUT2D eigenvalue weighted by Gasteiger charge is -2.20. The average molecular weight is 260 g/mol. The van der Waals surface area contributed by atoms with Crippen LogP contribution in [0.15, 0.2) is 34.9 Å². The summed E-state index contributed by atoms with van der Waals surface area (Å²) in [7, 11) is 0. The Kier molecular flexibility index (Phi) is 7.86. The molecule has 0 aromatic rings. The summed E-state index contributed by atoms with van der Waals surface area (Å²) in [6, 6.07) is 0. The van der Waals surface area contributed by atoms with Crippen LogP contribution in [0.2, 0.25) is 0 Å². The first-order valence-corrected chi connectivity index (χ1v) is 8.08. The van der Waals surface area contributed by atoms with Gasteiger partial charge in [-0.3, -0.25) is 0 Å². The summed E-state index contributed by atoms with van der Waals surface area (Å²) in [4.78, 5) is 0.